The standard InChI is InChI=1S/C12H8ClFN4O2/c1-2-19-11-16-10(13)17-12(18-11)20-8-4-3-7(6-15)9(14)5-8/h3-5H,2H2,1H3. The topological polar surface area (TPSA) is 80.9 Å². The van der Waals surface area contributed by atoms with Gasteiger partial charge in [-0.15, -0.1) is 4.98 Å². The molecule has 0 N–H and O–H groups in total. The van der Waals surface area contributed by atoms with E-state index in [1.54, 1.807) is 13.0 Å². The van der Waals surface area contributed by atoms with Crippen LogP contribution in [0.5, 0.6) is 17.8 Å². The minimum atomic E-state index is -0.699. The first-order valence-corrected chi connectivity index (χ1v) is 5.92. The number of nitrogens with zero attached hydrogens (tertiary/aromatic N) is 4. The van der Waals surface area contributed by atoms with Crippen molar-refractivity contribution in [3.63, 3.8) is 0 Å². The van der Waals surface area contributed by atoms with E-state index in [1.807, 2.05) is 0 Å². The van der Waals surface area contributed by atoms with E-state index < -0.39 is 5.82 Å². The van der Waals surface area contributed by atoms with E-state index >= 15 is 0 Å². The number of ether oxygens (including phenoxy) is 2. The van der Waals surface area contributed by atoms with Crippen molar-refractivity contribution in [3.05, 3.63) is 34.9 Å². The lowest BCUT2D eigenvalue weighted by molar-refractivity contribution is 0.303. The number of rotatable bonds is 4. The van der Waals surface area contributed by atoms with Crippen molar-refractivity contribution in [2.75, 3.05) is 6.61 Å². The van der Waals surface area contributed by atoms with Gasteiger partial charge in [-0.2, -0.15) is 15.2 Å². The Bertz CT molecular complexity index is 675. The van der Waals surface area contributed by atoms with Gasteiger partial charge in [0.2, 0.25) is 5.28 Å². The van der Waals surface area contributed by atoms with Crippen LogP contribution in [0.15, 0.2) is 18.2 Å². The molecular formula is C12H8ClFN4O2. The van der Waals surface area contributed by atoms with Gasteiger partial charge in [0.1, 0.15) is 17.6 Å². The SMILES string of the molecule is CCOc1nc(Cl)nc(Oc2ccc(C#N)c(F)c2)n1. The van der Waals surface area contributed by atoms with Gasteiger partial charge in [-0.3, -0.25) is 0 Å². The largest absolute Gasteiger partial charge is 0.464 e. The second-order valence-electron chi connectivity index (χ2n) is 3.46. The molecular weight excluding hydrogens is 287 g/mol. The summed E-state index contributed by atoms with van der Waals surface area (Å²) in [6, 6.07) is 5.35. The maximum Gasteiger partial charge on any atom is 0.329 e. The minimum absolute atomic E-state index is 0.0108. The van der Waals surface area contributed by atoms with Crippen LogP contribution in [0.25, 0.3) is 0 Å². The van der Waals surface area contributed by atoms with Crippen LogP contribution < -0.4 is 9.47 Å². The fourth-order valence-electron chi connectivity index (χ4n) is 1.31. The molecule has 0 saturated carbocycles. The van der Waals surface area contributed by atoms with E-state index in [4.69, 9.17) is 26.3 Å². The smallest absolute Gasteiger partial charge is 0.329 e. The van der Waals surface area contributed by atoms with Crippen LogP contribution in [-0.2, 0) is 0 Å². The fraction of sp³-hybridized carbons (Fsp3) is 0.167. The molecule has 1 heterocycles. The molecule has 0 spiro atoms. The van der Waals surface area contributed by atoms with E-state index in [0.29, 0.717) is 6.61 Å². The van der Waals surface area contributed by atoms with E-state index in [-0.39, 0.29) is 28.6 Å². The predicted molar refractivity (Wildman–Crippen MR) is 67.2 cm³/mol. The molecule has 0 unspecified atom stereocenters. The van der Waals surface area contributed by atoms with E-state index in [1.165, 1.54) is 12.1 Å². The molecule has 2 rings (SSSR count). The molecule has 0 aliphatic carbocycles. The Morgan fingerprint density at radius 1 is 1.30 bits per heavy atom. The third-order valence-electron chi connectivity index (χ3n) is 2.11. The van der Waals surface area contributed by atoms with Gasteiger partial charge in [0.05, 0.1) is 12.2 Å². The lowest BCUT2D eigenvalue weighted by atomic mass is 10.2. The van der Waals surface area contributed by atoms with Crippen molar-refractivity contribution in [2.24, 2.45) is 0 Å². The second kappa shape index (κ2) is 6.12. The zero-order valence-corrected chi connectivity index (χ0v) is 11.1. The third kappa shape index (κ3) is 3.30. The molecule has 0 radical (unpaired) electrons. The highest BCUT2D eigenvalue weighted by atomic mass is 35.5. The average Bonchev–Trinajstić information content (AvgIpc) is 2.38. The lowest BCUT2D eigenvalue weighted by Crippen LogP contribution is -2.01. The van der Waals surface area contributed by atoms with Gasteiger partial charge >= 0.3 is 12.0 Å². The van der Waals surface area contributed by atoms with Crippen molar-refractivity contribution in [2.45, 2.75) is 6.92 Å². The van der Waals surface area contributed by atoms with Gasteiger partial charge in [0, 0.05) is 6.07 Å². The van der Waals surface area contributed by atoms with Crippen LogP contribution >= 0.6 is 11.6 Å². The first-order valence-electron chi connectivity index (χ1n) is 5.54. The maximum atomic E-state index is 13.4. The third-order valence-corrected chi connectivity index (χ3v) is 2.28. The second-order valence-corrected chi connectivity index (χ2v) is 3.80. The molecule has 1 aromatic heterocycles. The summed E-state index contributed by atoms with van der Waals surface area (Å²) < 4.78 is 23.8. The Morgan fingerprint density at radius 3 is 2.70 bits per heavy atom. The number of hydrogen-bond donors (Lipinski definition) is 0. The molecule has 0 aliphatic heterocycles. The first kappa shape index (κ1) is 14.0. The molecule has 0 bridgehead atoms. The Labute approximate surface area is 118 Å². The van der Waals surface area contributed by atoms with E-state index in [2.05, 4.69) is 15.0 Å². The molecule has 0 saturated heterocycles. The maximum absolute atomic E-state index is 13.4. The predicted octanol–water partition coefficient (Wildman–Crippen LogP) is 2.73. The van der Waals surface area contributed by atoms with Gasteiger partial charge in [-0.05, 0) is 30.7 Å². The van der Waals surface area contributed by atoms with Crippen molar-refractivity contribution in [1.82, 2.24) is 15.0 Å². The molecule has 0 amide bonds. The summed E-state index contributed by atoms with van der Waals surface area (Å²) in [6.07, 6.45) is 0. The number of hydrogen-bond acceptors (Lipinski definition) is 6. The number of nitriles is 1. The van der Waals surface area contributed by atoms with Gasteiger partial charge in [-0.25, -0.2) is 4.39 Å². The van der Waals surface area contributed by atoms with Gasteiger partial charge in [-0.1, -0.05) is 0 Å². The van der Waals surface area contributed by atoms with Crippen LogP contribution in [0.3, 0.4) is 0 Å². The van der Waals surface area contributed by atoms with E-state index in [9.17, 15) is 4.39 Å². The highest BCUT2D eigenvalue weighted by molar-refractivity contribution is 6.28. The molecule has 20 heavy (non-hydrogen) atoms. The summed E-state index contributed by atoms with van der Waals surface area (Å²) in [6.45, 7) is 2.11. The summed E-state index contributed by atoms with van der Waals surface area (Å²) in [5, 5.41) is 8.53. The summed E-state index contributed by atoms with van der Waals surface area (Å²) in [7, 11) is 0. The van der Waals surface area contributed by atoms with Crippen LogP contribution in [0.1, 0.15) is 12.5 Å². The Kier molecular flexibility index (Phi) is 4.27. The van der Waals surface area contributed by atoms with Crippen molar-refractivity contribution in [3.8, 4) is 23.8 Å². The van der Waals surface area contributed by atoms with Gasteiger partial charge < -0.3 is 9.47 Å². The number of aromatic nitrogens is 3. The van der Waals surface area contributed by atoms with Crippen LogP contribution in [-0.4, -0.2) is 21.6 Å². The van der Waals surface area contributed by atoms with Crippen LogP contribution in [0, 0.1) is 17.1 Å². The Balaban J connectivity index is 2.25. The zero-order valence-electron chi connectivity index (χ0n) is 10.3. The van der Waals surface area contributed by atoms with E-state index in [0.717, 1.165) is 6.07 Å². The zero-order chi connectivity index (χ0) is 14.5. The summed E-state index contributed by atoms with van der Waals surface area (Å²) in [4.78, 5) is 11.3. The van der Waals surface area contributed by atoms with Crippen LogP contribution in [0.2, 0.25) is 5.28 Å². The average molecular weight is 295 g/mol. The lowest BCUT2D eigenvalue weighted by Gasteiger charge is -2.06. The molecule has 6 nitrogen and oxygen atoms in total. The van der Waals surface area contributed by atoms with Crippen LogP contribution in [0.4, 0.5) is 4.39 Å². The first-order chi connectivity index (χ1) is 9.62. The Hall–Kier alpha value is -2.46. The highest BCUT2D eigenvalue weighted by Crippen LogP contribution is 2.22. The van der Waals surface area contributed by atoms with Crippen molar-refractivity contribution < 1.29 is 13.9 Å². The summed E-state index contributed by atoms with van der Waals surface area (Å²) in [5.41, 5.74) is -0.0824. The van der Waals surface area contributed by atoms with Crippen molar-refractivity contribution >= 4 is 11.6 Å². The molecule has 2 aromatic rings. The van der Waals surface area contributed by atoms with Gasteiger partial charge in [0.15, 0.2) is 0 Å². The molecule has 8 heteroatoms. The molecule has 0 atom stereocenters. The monoisotopic (exact) mass is 294 g/mol. The molecule has 0 aliphatic rings. The summed E-state index contributed by atoms with van der Waals surface area (Å²) >= 11 is 5.69. The minimum Gasteiger partial charge on any atom is -0.464 e. The summed E-state index contributed by atoms with van der Waals surface area (Å²) in [5.74, 6) is -0.568. The molecule has 1 aromatic carbocycles. The highest BCUT2D eigenvalue weighted by Gasteiger charge is 2.10. The number of benzene rings is 1. The Morgan fingerprint density at radius 2 is 2.05 bits per heavy atom. The quantitative estimate of drug-likeness (QED) is 0.862. The molecule has 0 fully saturated rings. The van der Waals surface area contributed by atoms with Crippen molar-refractivity contribution in [1.29, 1.82) is 5.26 Å². The normalized spacial score (nSPS) is 9.90. The fourth-order valence-corrected chi connectivity index (χ4v) is 1.45. The molecule has 102 valence electrons. The number of halogens is 2. The van der Waals surface area contributed by atoms with Gasteiger partial charge in [0.25, 0.3) is 0 Å².